The zero-order valence-electron chi connectivity index (χ0n) is 34.9. The number of carboxylic acids is 1. The van der Waals surface area contributed by atoms with Crippen LogP contribution in [0.1, 0.15) is 149 Å². The third-order valence-electron chi connectivity index (χ3n) is 8.89. The van der Waals surface area contributed by atoms with Crippen LogP contribution in [0.4, 0.5) is 0 Å². The molecule has 0 N–H and O–H groups in total. The highest BCUT2D eigenvalue weighted by Crippen LogP contribution is 2.12. The van der Waals surface area contributed by atoms with Gasteiger partial charge < -0.3 is 28.6 Å². The number of ether oxygens (including phenoxy) is 3. The molecule has 8 heteroatoms. The lowest BCUT2D eigenvalue weighted by molar-refractivity contribution is -0.889. The minimum atomic E-state index is -1.14. The summed E-state index contributed by atoms with van der Waals surface area (Å²) in [5.41, 5.74) is 0. The number of nitrogens with zero attached hydrogens (tertiary/aromatic N) is 1. The molecule has 0 rings (SSSR count). The smallest absolute Gasteiger partial charge is 0.306 e. The molecule has 0 spiro atoms. The number of hydrogen-bond donors (Lipinski definition) is 0. The first-order valence-corrected chi connectivity index (χ1v) is 21.0. The normalized spacial score (nSPS) is 13.7. The molecule has 8 nitrogen and oxygen atoms in total. The van der Waals surface area contributed by atoms with Gasteiger partial charge in [0.05, 0.1) is 40.3 Å². The van der Waals surface area contributed by atoms with Gasteiger partial charge in [-0.1, -0.05) is 132 Å². The molecule has 0 amide bonds. The van der Waals surface area contributed by atoms with Crippen LogP contribution in [0, 0.1) is 0 Å². The second-order valence-corrected chi connectivity index (χ2v) is 14.9. The van der Waals surface area contributed by atoms with E-state index in [9.17, 15) is 19.5 Å². The molecule has 0 aromatic carbocycles. The van der Waals surface area contributed by atoms with Crippen LogP contribution < -0.4 is 5.11 Å². The highest BCUT2D eigenvalue weighted by molar-refractivity contribution is 5.70. The number of likely N-dealkylation sites (N-methyl/N-ethyl adjacent to an activating group) is 1. The van der Waals surface area contributed by atoms with Crippen LogP contribution in [0.15, 0.2) is 72.9 Å². The molecule has 0 bridgehead atoms. The SMILES string of the molecule is CC/C=C/C/C=C/C/C=C/CCCCC(=O)OC(COCCC(C(=O)[O-])[N+](C)(C)C)COC(=O)CCCCCCC/C=C/C=C/C=C/CCCCCCC. The number of carboxylic acid groups (broad SMARTS) is 1. The summed E-state index contributed by atoms with van der Waals surface area (Å²) in [6.45, 7) is 4.44. The molecular weight excluding hydrogens is 679 g/mol. The van der Waals surface area contributed by atoms with Crippen molar-refractivity contribution >= 4 is 17.9 Å². The molecule has 0 saturated carbocycles. The first kappa shape index (κ1) is 50.8. The summed E-state index contributed by atoms with van der Waals surface area (Å²) >= 11 is 0. The first-order valence-electron chi connectivity index (χ1n) is 21.0. The van der Waals surface area contributed by atoms with Gasteiger partial charge in [-0.3, -0.25) is 9.59 Å². The van der Waals surface area contributed by atoms with Crippen LogP contribution in [0.3, 0.4) is 0 Å². The number of unbranched alkanes of at least 4 members (excludes halogenated alkanes) is 12. The Labute approximate surface area is 330 Å². The minimum Gasteiger partial charge on any atom is -0.544 e. The van der Waals surface area contributed by atoms with Crippen molar-refractivity contribution in [3.05, 3.63) is 72.9 Å². The minimum absolute atomic E-state index is 0.0144. The van der Waals surface area contributed by atoms with Crippen molar-refractivity contribution in [2.45, 2.75) is 161 Å². The van der Waals surface area contributed by atoms with E-state index in [1.54, 1.807) is 21.1 Å². The molecule has 0 aromatic rings. The van der Waals surface area contributed by atoms with Crippen LogP contribution in [0.2, 0.25) is 0 Å². The fourth-order valence-corrected chi connectivity index (χ4v) is 5.61. The lowest BCUT2D eigenvalue weighted by Crippen LogP contribution is -2.55. The second-order valence-electron chi connectivity index (χ2n) is 14.9. The summed E-state index contributed by atoms with van der Waals surface area (Å²) in [5, 5.41) is 11.6. The molecule has 0 heterocycles. The zero-order valence-corrected chi connectivity index (χ0v) is 34.9. The molecule has 54 heavy (non-hydrogen) atoms. The molecule has 0 aromatic heterocycles. The molecule has 0 saturated heterocycles. The Balaban J connectivity index is 4.45. The highest BCUT2D eigenvalue weighted by atomic mass is 16.6. The maximum atomic E-state index is 12.6. The second kappa shape index (κ2) is 36.7. The molecule has 308 valence electrons. The van der Waals surface area contributed by atoms with E-state index in [-0.39, 0.29) is 49.1 Å². The number of hydrogen-bond acceptors (Lipinski definition) is 7. The first-order chi connectivity index (χ1) is 26.1. The molecule has 0 aliphatic carbocycles. The lowest BCUT2D eigenvalue weighted by Gasteiger charge is -2.34. The fourth-order valence-electron chi connectivity index (χ4n) is 5.61. The average Bonchev–Trinajstić information content (AvgIpc) is 3.12. The van der Waals surface area contributed by atoms with Crippen LogP contribution in [-0.2, 0) is 28.6 Å². The predicted octanol–water partition coefficient (Wildman–Crippen LogP) is 9.85. The Hall–Kier alpha value is -3.23. The van der Waals surface area contributed by atoms with Gasteiger partial charge in [-0.2, -0.15) is 0 Å². The molecule has 0 aliphatic heterocycles. The van der Waals surface area contributed by atoms with Crippen molar-refractivity contribution < 1.29 is 38.2 Å². The van der Waals surface area contributed by atoms with Crippen molar-refractivity contribution in [2.75, 3.05) is 41.0 Å². The number of quaternary nitrogens is 1. The van der Waals surface area contributed by atoms with Gasteiger partial charge >= 0.3 is 11.9 Å². The van der Waals surface area contributed by atoms with Crippen molar-refractivity contribution in [1.29, 1.82) is 0 Å². The van der Waals surface area contributed by atoms with Crippen LogP contribution in [-0.4, -0.2) is 75.5 Å². The quantitative estimate of drug-likeness (QED) is 0.0206. The summed E-state index contributed by atoms with van der Waals surface area (Å²) in [7, 11) is 5.37. The molecular formula is C46H77NO7. The van der Waals surface area contributed by atoms with Crippen molar-refractivity contribution in [2.24, 2.45) is 0 Å². The van der Waals surface area contributed by atoms with Gasteiger partial charge in [0, 0.05) is 19.3 Å². The van der Waals surface area contributed by atoms with E-state index in [2.05, 4.69) is 86.8 Å². The monoisotopic (exact) mass is 756 g/mol. The molecule has 2 atom stereocenters. The number of allylic oxidation sites excluding steroid dienone is 12. The predicted molar refractivity (Wildman–Crippen MR) is 222 cm³/mol. The summed E-state index contributed by atoms with van der Waals surface area (Å²) < 4.78 is 17.1. The van der Waals surface area contributed by atoms with E-state index in [0.29, 0.717) is 12.8 Å². The van der Waals surface area contributed by atoms with E-state index in [1.807, 2.05) is 0 Å². The Kier molecular flexibility index (Phi) is 34.5. The van der Waals surface area contributed by atoms with Crippen LogP contribution in [0.5, 0.6) is 0 Å². The molecule has 0 fully saturated rings. The molecule has 0 radical (unpaired) electrons. The van der Waals surface area contributed by atoms with Gasteiger partial charge in [-0.15, -0.1) is 0 Å². The standard InChI is InChI=1S/C46H77NO7/c1-6-8-10-12-14-16-18-20-21-22-23-24-25-27-28-30-32-34-36-44(48)53-41-42(40-52-39-38-43(46(50)51)47(3,4)5)54-45(49)37-35-33-31-29-26-19-17-15-13-11-9-7-2/h9,11,15,17-18,20-24,26,29,42-43H,6-8,10,12-14,16,19,25,27-28,30-41H2,1-5H3/b11-9+,17-15+,20-18+,22-21+,24-23+,29-26+. The highest BCUT2D eigenvalue weighted by Gasteiger charge is 2.25. The largest absolute Gasteiger partial charge is 0.544 e. The van der Waals surface area contributed by atoms with E-state index >= 15 is 0 Å². The molecule has 0 aliphatic rings. The maximum absolute atomic E-state index is 12.6. The van der Waals surface area contributed by atoms with Gasteiger partial charge in [0.15, 0.2) is 6.10 Å². The number of carbonyl (C=O) groups excluding carboxylic acids is 3. The van der Waals surface area contributed by atoms with Crippen molar-refractivity contribution in [3.8, 4) is 0 Å². The van der Waals surface area contributed by atoms with E-state index in [0.717, 1.165) is 77.0 Å². The Morgan fingerprint density at radius 1 is 0.593 bits per heavy atom. The zero-order chi connectivity index (χ0) is 40.0. The summed E-state index contributed by atoms with van der Waals surface area (Å²) in [5.74, 6) is -1.82. The van der Waals surface area contributed by atoms with E-state index < -0.39 is 18.1 Å². The van der Waals surface area contributed by atoms with E-state index in [1.165, 1.54) is 32.1 Å². The number of rotatable bonds is 36. The van der Waals surface area contributed by atoms with Gasteiger partial charge in [0.25, 0.3) is 0 Å². The average molecular weight is 756 g/mol. The van der Waals surface area contributed by atoms with Crippen molar-refractivity contribution in [3.63, 3.8) is 0 Å². The number of esters is 2. The van der Waals surface area contributed by atoms with Gasteiger partial charge in [0.1, 0.15) is 12.6 Å². The Bertz CT molecular complexity index is 1110. The summed E-state index contributed by atoms with van der Waals surface area (Å²) in [6, 6.07) is -0.738. The lowest BCUT2D eigenvalue weighted by atomic mass is 10.1. The molecule has 2 unspecified atom stereocenters. The van der Waals surface area contributed by atoms with Gasteiger partial charge in [0.2, 0.25) is 0 Å². The topological polar surface area (TPSA) is 102 Å². The van der Waals surface area contributed by atoms with Crippen LogP contribution in [0.25, 0.3) is 0 Å². The van der Waals surface area contributed by atoms with Crippen molar-refractivity contribution in [1.82, 2.24) is 0 Å². The van der Waals surface area contributed by atoms with E-state index in [4.69, 9.17) is 14.2 Å². The number of aliphatic carboxylic acids is 1. The van der Waals surface area contributed by atoms with Gasteiger partial charge in [-0.25, -0.2) is 0 Å². The maximum Gasteiger partial charge on any atom is 0.306 e. The third-order valence-corrected chi connectivity index (χ3v) is 8.89. The fraction of sp³-hybridized carbons (Fsp3) is 0.674. The summed E-state index contributed by atoms with van der Waals surface area (Å²) in [4.78, 5) is 36.7. The van der Waals surface area contributed by atoms with Crippen LogP contribution >= 0.6 is 0 Å². The third kappa shape index (κ3) is 34.5. The Morgan fingerprint density at radius 3 is 1.72 bits per heavy atom. The van der Waals surface area contributed by atoms with Gasteiger partial charge in [-0.05, 0) is 70.6 Å². The summed E-state index contributed by atoms with van der Waals surface area (Å²) in [6.07, 6.45) is 45.0. The Morgan fingerprint density at radius 2 is 1.11 bits per heavy atom. The number of carbonyl (C=O) groups is 3.